The molecule has 114 valence electrons. The van der Waals surface area contributed by atoms with Gasteiger partial charge in [-0.05, 0) is 42.2 Å². The van der Waals surface area contributed by atoms with Gasteiger partial charge in [-0.1, -0.05) is 30.3 Å². The van der Waals surface area contributed by atoms with Crippen LogP contribution in [0.5, 0.6) is 5.75 Å². The van der Waals surface area contributed by atoms with Crippen LogP contribution in [-0.4, -0.2) is 19.1 Å². The van der Waals surface area contributed by atoms with Crippen LogP contribution in [0.15, 0.2) is 42.5 Å². The van der Waals surface area contributed by atoms with E-state index in [0.29, 0.717) is 17.9 Å². The first-order chi connectivity index (χ1) is 10.7. The second kappa shape index (κ2) is 6.20. The largest absolute Gasteiger partial charge is 0.495 e. The number of nitrogens with one attached hydrogen (secondary N) is 2. The number of carbonyl (C=O) groups is 1. The monoisotopic (exact) mass is 296 g/mol. The number of ether oxygens (including phenoxy) is 1. The minimum Gasteiger partial charge on any atom is -0.495 e. The molecule has 1 heterocycles. The van der Waals surface area contributed by atoms with Crippen LogP contribution >= 0.6 is 0 Å². The molecule has 0 saturated heterocycles. The number of amides is 1. The number of carbonyl (C=O) groups excluding carboxylic acids is 1. The van der Waals surface area contributed by atoms with Crippen molar-refractivity contribution in [3.63, 3.8) is 0 Å². The fraction of sp³-hybridized carbons (Fsp3) is 0.278. The lowest BCUT2D eigenvalue weighted by molar-refractivity contribution is -0.118. The summed E-state index contributed by atoms with van der Waals surface area (Å²) in [7, 11) is 1.61. The number of benzene rings is 2. The van der Waals surface area contributed by atoms with E-state index < -0.39 is 0 Å². The lowest BCUT2D eigenvalue weighted by Crippen LogP contribution is -2.44. The topological polar surface area (TPSA) is 50.4 Å². The molecule has 2 aromatic carbocycles. The van der Waals surface area contributed by atoms with E-state index in [1.54, 1.807) is 7.11 Å². The van der Waals surface area contributed by atoms with Crippen LogP contribution < -0.4 is 15.4 Å². The van der Waals surface area contributed by atoms with E-state index in [-0.39, 0.29) is 11.9 Å². The molecule has 0 spiro atoms. The predicted molar refractivity (Wildman–Crippen MR) is 87.1 cm³/mol. The first-order valence-electron chi connectivity index (χ1n) is 7.43. The number of aryl methyl sites for hydroxylation is 1. The molecule has 1 atom stereocenters. The van der Waals surface area contributed by atoms with Gasteiger partial charge in [0.1, 0.15) is 5.75 Å². The summed E-state index contributed by atoms with van der Waals surface area (Å²) in [5.74, 6) is 0.647. The van der Waals surface area contributed by atoms with Gasteiger partial charge in [-0.3, -0.25) is 4.79 Å². The number of anilines is 1. The van der Waals surface area contributed by atoms with Gasteiger partial charge in [0.25, 0.3) is 0 Å². The van der Waals surface area contributed by atoms with Crippen molar-refractivity contribution >= 4 is 11.6 Å². The Bertz CT molecular complexity index is 697. The molecule has 2 aromatic rings. The Kier molecular flexibility index (Phi) is 4.11. The highest BCUT2D eigenvalue weighted by atomic mass is 16.5. The van der Waals surface area contributed by atoms with Crippen LogP contribution in [-0.2, 0) is 17.8 Å². The summed E-state index contributed by atoms with van der Waals surface area (Å²) in [5.41, 5.74) is 4.29. The van der Waals surface area contributed by atoms with Crippen molar-refractivity contribution in [3.8, 4) is 5.75 Å². The van der Waals surface area contributed by atoms with Crippen LogP contribution in [0.3, 0.4) is 0 Å². The Labute approximate surface area is 130 Å². The van der Waals surface area contributed by atoms with Gasteiger partial charge in [0.2, 0.25) is 5.91 Å². The molecule has 3 rings (SSSR count). The van der Waals surface area contributed by atoms with Gasteiger partial charge in [-0.2, -0.15) is 0 Å². The molecule has 1 aliphatic heterocycles. The molecule has 1 amide bonds. The normalized spacial score (nSPS) is 16.7. The molecule has 0 bridgehead atoms. The van der Waals surface area contributed by atoms with E-state index in [1.165, 1.54) is 11.1 Å². The first-order valence-corrected chi connectivity index (χ1v) is 7.43. The van der Waals surface area contributed by atoms with Crippen molar-refractivity contribution in [2.45, 2.75) is 25.9 Å². The molecular weight excluding hydrogens is 276 g/mol. The molecule has 22 heavy (non-hydrogen) atoms. The summed E-state index contributed by atoms with van der Waals surface area (Å²) in [6.07, 6.45) is 0.705. The summed E-state index contributed by atoms with van der Waals surface area (Å²) in [6, 6.07) is 13.8. The number of hydrogen-bond donors (Lipinski definition) is 2. The molecule has 4 heteroatoms. The highest BCUT2D eigenvalue weighted by molar-refractivity contribution is 5.96. The molecule has 2 N–H and O–H groups in total. The maximum atomic E-state index is 12.5. The zero-order chi connectivity index (χ0) is 15.5. The van der Waals surface area contributed by atoms with Gasteiger partial charge in [0.15, 0.2) is 0 Å². The summed E-state index contributed by atoms with van der Waals surface area (Å²) in [4.78, 5) is 12.5. The van der Waals surface area contributed by atoms with Crippen molar-refractivity contribution in [2.24, 2.45) is 0 Å². The Morgan fingerprint density at radius 2 is 2.00 bits per heavy atom. The molecule has 0 radical (unpaired) electrons. The van der Waals surface area contributed by atoms with Crippen molar-refractivity contribution in [3.05, 3.63) is 59.2 Å². The van der Waals surface area contributed by atoms with E-state index in [9.17, 15) is 4.79 Å². The SMILES string of the molecule is COc1ccc(C)cc1NC(=O)C1Cc2ccccc2CN1. The molecule has 0 aliphatic carbocycles. The third-order valence-corrected chi connectivity index (χ3v) is 4.01. The highest BCUT2D eigenvalue weighted by Crippen LogP contribution is 2.26. The van der Waals surface area contributed by atoms with Crippen molar-refractivity contribution < 1.29 is 9.53 Å². The van der Waals surface area contributed by atoms with Crippen LogP contribution in [0.2, 0.25) is 0 Å². The third kappa shape index (κ3) is 2.97. The molecule has 0 fully saturated rings. The molecule has 1 aliphatic rings. The van der Waals surface area contributed by atoms with Crippen molar-refractivity contribution in [2.75, 3.05) is 12.4 Å². The molecule has 4 nitrogen and oxygen atoms in total. The van der Waals surface area contributed by atoms with E-state index >= 15 is 0 Å². The highest BCUT2D eigenvalue weighted by Gasteiger charge is 2.24. The molecule has 1 unspecified atom stereocenters. The maximum Gasteiger partial charge on any atom is 0.241 e. The maximum absolute atomic E-state index is 12.5. The Morgan fingerprint density at radius 3 is 2.77 bits per heavy atom. The van der Waals surface area contributed by atoms with Gasteiger partial charge in [0, 0.05) is 6.54 Å². The fourth-order valence-corrected chi connectivity index (χ4v) is 2.78. The van der Waals surface area contributed by atoms with Gasteiger partial charge in [-0.15, -0.1) is 0 Å². The number of methoxy groups -OCH3 is 1. The van der Waals surface area contributed by atoms with E-state index in [2.05, 4.69) is 22.8 Å². The van der Waals surface area contributed by atoms with Crippen LogP contribution in [0.1, 0.15) is 16.7 Å². The van der Waals surface area contributed by atoms with E-state index in [0.717, 1.165) is 12.1 Å². The fourth-order valence-electron chi connectivity index (χ4n) is 2.78. The summed E-state index contributed by atoms with van der Waals surface area (Å²) >= 11 is 0. The number of fused-ring (bicyclic) bond motifs is 1. The van der Waals surface area contributed by atoms with Gasteiger partial charge < -0.3 is 15.4 Å². The summed E-state index contributed by atoms with van der Waals surface area (Å²) in [6.45, 7) is 2.71. The quantitative estimate of drug-likeness (QED) is 0.915. The minimum atomic E-state index is -0.222. The lowest BCUT2D eigenvalue weighted by atomic mass is 9.95. The standard InChI is InChI=1S/C18H20N2O2/c1-12-7-8-17(22-2)15(9-12)20-18(21)16-10-13-5-3-4-6-14(13)11-19-16/h3-9,16,19H,10-11H2,1-2H3,(H,20,21). The lowest BCUT2D eigenvalue weighted by Gasteiger charge is -2.25. The van der Waals surface area contributed by atoms with E-state index in [4.69, 9.17) is 4.74 Å². The summed E-state index contributed by atoms with van der Waals surface area (Å²) in [5, 5.41) is 6.27. The molecular formula is C18H20N2O2. The Balaban J connectivity index is 1.75. The average molecular weight is 296 g/mol. The zero-order valence-electron chi connectivity index (χ0n) is 12.8. The van der Waals surface area contributed by atoms with Crippen LogP contribution in [0.4, 0.5) is 5.69 Å². The second-order valence-electron chi connectivity index (χ2n) is 5.60. The van der Waals surface area contributed by atoms with Crippen LogP contribution in [0.25, 0.3) is 0 Å². The van der Waals surface area contributed by atoms with E-state index in [1.807, 2.05) is 37.3 Å². The zero-order valence-corrected chi connectivity index (χ0v) is 12.8. The second-order valence-corrected chi connectivity index (χ2v) is 5.60. The number of rotatable bonds is 3. The third-order valence-electron chi connectivity index (χ3n) is 4.01. The minimum absolute atomic E-state index is 0.0293. The smallest absolute Gasteiger partial charge is 0.241 e. The van der Waals surface area contributed by atoms with Crippen LogP contribution in [0, 0.1) is 6.92 Å². The Hall–Kier alpha value is -2.33. The van der Waals surface area contributed by atoms with Crippen molar-refractivity contribution in [1.82, 2.24) is 5.32 Å². The molecule has 0 aromatic heterocycles. The molecule has 0 saturated carbocycles. The first kappa shape index (κ1) is 14.6. The Morgan fingerprint density at radius 1 is 1.23 bits per heavy atom. The van der Waals surface area contributed by atoms with Gasteiger partial charge in [-0.25, -0.2) is 0 Å². The van der Waals surface area contributed by atoms with Gasteiger partial charge in [0.05, 0.1) is 18.8 Å². The predicted octanol–water partition coefficient (Wildman–Crippen LogP) is 2.66. The summed E-state index contributed by atoms with van der Waals surface area (Å²) < 4.78 is 5.31. The average Bonchev–Trinajstić information content (AvgIpc) is 2.54. The van der Waals surface area contributed by atoms with Crippen molar-refractivity contribution in [1.29, 1.82) is 0 Å². The number of hydrogen-bond acceptors (Lipinski definition) is 3. The van der Waals surface area contributed by atoms with Gasteiger partial charge >= 0.3 is 0 Å².